The van der Waals surface area contributed by atoms with Crippen molar-refractivity contribution in [3.63, 3.8) is 0 Å². The zero-order chi connectivity index (χ0) is 23.1. The summed E-state index contributed by atoms with van der Waals surface area (Å²) in [5.41, 5.74) is 4.29. The largest absolute Gasteiger partial charge is 0.493 e. The summed E-state index contributed by atoms with van der Waals surface area (Å²) >= 11 is 3.51. The van der Waals surface area contributed by atoms with Crippen molar-refractivity contribution in [2.24, 2.45) is 0 Å². The van der Waals surface area contributed by atoms with Gasteiger partial charge in [0.1, 0.15) is 18.2 Å². The van der Waals surface area contributed by atoms with Crippen LogP contribution in [0.2, 0.25) is 0 Å². The van der Waals surface area contributed by atoms with Crippen LogP contribution in [0.25, 0.3) is 6.08 Å². The molecule has 0 saturated carbocycles. The molecule has 1 N–H and O–H groups in total. The lowest BCUT2D eigenvalue weighted by atomic mass is 10.1. The lowest BCUT2D eigenvalue weighted by Crippen LogP contribution is -2.14. The molecule has 0 heterocycles. The molecule has 0 fully saturated rings. The molecule has 0 spiro atoms. The monoisotopic (exact) mass is 490 g/mol. The van der Waals surface area contributed by atoms with Crippen molar-refractivity contribution >= 4 is 33.6 Å². The van der Waals surface area contributed by atoms with E-state index in [0.717, 1.165) is 21.2 Å². The summed E-state index contributed by atoms with van der Waals surface area (Å²) in [5.74, 6) is 0.617. The highest BCUT2D eigenvalue weighted by Gasteiger charge is 2.13. The molecule has 5 nitrogen and oxygen atoms in total. The maximum atomic E-state index is 12.7. The summed E-state index contributed by atoms with van der Waals surface area (Å²) in [5, 5.41) is 12.4. The van der Waals surface area contributed by atoms with Crippen LogP contribution in [0.4, 0.5) is 5.69 Å². The van der Waals surface area contributed by atoms with Gasteiger partial charge in [0.15, 0.2) is 11.5 Å². The molecule has 1 amide bonds. The minimum absolute atomic E-state index is 0.00477. The molecule has 0 aliphatic heterocycles. The Balaban J connectivity index is 1.78. The van der Waals surface area contributed by atoms with E-state index in [2.05, 4.69) is 21.2 Å². The molecular formula is C26H23BrN2O3. The van der Waals surface area contributed by atoms with Crippen molar-refractivity contribution in [1.29, 1.82) is 5.26 Å². The van der Waals surface area contributed by atoms with Crippen LogP contribution in [0.3, 0.4) is 0 Å². The van der Waals surface area contributed by atoms with Gasteiger partial charge in [0.05, 0.1) is 7.11 Å². The molecular weight excluding hydrogens is 468 g/mol. The van der Waals surface area contributed by atoms with Gasteiger partial charge in [-0.2, -0.15) is 5.26 Å². The number of carbonyl (C=O) groups is 1. The Bertz CT molecular complexity index is 1210. The minimum Gasteiger partial charge on any atom is -0.493 e. The van der Waals surface area contributed by atoms with Gasteiger partial charge in [0.2, 0.25) is 0 Å². The standard InChI is InChI=1S/C26H23BrN2O3/c1-17-8-9-18(2)23(12-17)29-26(30)21(15-28)13-19-10-11-24(25(14-19)31-3)32-16-20-6-4-5-7-22(20)27/h4-14H,16H2,1-3H3,(H,29,30)/b21-13+. The number of ether oxygens (including phenoxy) is 2. The van der Waals surface area contributed by atoms with E-state index in [1.165, 1.54) is 6.08 Å². The summed E-state index contributed by atoms with van der Waals surface area (Å²) in [6.45, 7) is 4.22. The topological polar surface area (TPSA) is 71.3 Å². The molecule has 0 saturated heterocycles. The SMILES string of the molecule is COc1cc(/C=C(\C#N)C(=O)Nc2cc(C)ccc2C)ccc1OCc1ccccc1Br. The number of rotatable bonds is 7. The lowest BCUT2D eigenvalue weighted by molar-refractivity contribution is -0.112. The molecule has 0 aromatic heterocycles. The zero-order valence-corrected chi connectivity index (χ0v) is 19.7. The fraction of sp³-hybridized carbons (Fsp3) is 0.154. The molecule has 0 atom stereocenters. The smallest absolute Gasteiger partial charge is 0.266 e. The van der Waals surface area contributed by atoms with Crippen molar-refractivity contribution in [3.05, 3.63) is 93.0 Å². The number of hydrogen-bond donors (Lipinski definition) is 1. The summed E-state index contributed by atoms with van der Waals surface area (Å²) in [6.07, 6.45) is 1.53. The molecule has 0 bridgehead atoms. The number of nitriles is 1. The molecule has 0 aliphatic rings. The molecule has 3 rings (SSSR count). The first-order valence-corrected chi connectivity index (χ1v) is 10.7. The summed E-state index contributed by atoms with van der Waals surface area (Å²) < 4.78 is 12.3. The predicted molar refractivity (Wildman–Crippen MR) is 130 cm³/mol. The first kappa shape index (κ1) is 23.1. The Morgan fingerprint density at radius 3 is 2.59 bits per heavy atom. The molecule has 3 aromatic carbocycles. The van der Waals surface area contributed by atoms with E-state index in [0.29, 0.717) is 29.4 Å². The summed E-state index contributed by atoms with van der Waals surface area (Å²) in [6, 6.07) is 20.9. The number of methoxy groups -OCH3 is 1. The minimum atomic E-state index is -0.463. The third-order valence-electron chi connectivity index (χ3n) is 4.85. The highest BCUT2D eigenvalue weighted by atomic mass is 79.9. The normalized spacial score (nSPS) is 10.9. The van der Waals surface area contributed by atoms with E-state index in [9.17, 15) is 10.1 Å². The molecule has 3 aromatic rings. The first-order chi connectivity index (χ1) is 15.4. The van der Waals surface area contributed by atoms with Crippen LogP contribution < -0.4 is 14.8 Å². The summed E-state index contributed by atoms with van der Waals surface area (Å²) in [7, 11) is 1.55. The lowest BCUT2D eigenvalue weighted by Gasteiger charge is -2.12. The van der Waals surface area contributed by atoms with Crippen molar-refractivity contribution in [3.8, 4) is 17.6 Å². The molecule has 0 aliphatic carbocycles. The van der Waals surface area contributed by atoms with Gasteiger partial charge in [-0.05, 0) is 60.9 Å². The van der Waals surface area contributed by atoms with Crippen LogP contribution in [-0.2, 0) is 11.4 Å². The first-order valence-electron chi connectivity index (χ1n) is 9.96. The summed E-state index contributed by atoms with van der Waals surface area (Å²) in [4.78, 5) is 12.7. The van der Waals surface area contributed by atoms with Gasteiger partial charge in [-0.15, -0.1) is 0 Å². The van der Waals surface area contributed by atoms with E-state index in [-0.39, 0.29) is 5.57 Å². The second-order valence-corrected chi connectivity index (χ2v) is 8.09. The van der Waals surface area contributed by atoms with Gasteiger partial charge >= 0.3 is 0 Å². The average molecular weight is 491 g/mol. The Morgan fingerprint density at radius 2 is 1.88 bits per heavy atom. The quantitative estimate of drug-likeness (QED) is 0.316. The maximum Gasteiger partial charge on any atom is 0.266 e. The maximum absolute atomic E-state index is 12.7. The fourth-order valence-electron chi connectivity index (χ4n) is 3.04. The number of benzene rings is 3. The van der Waals surface area contributed by atoms with Crippen LogP contribution in [-0.4, -0.2) is 13.0 Å². The predicted octanol–water partition coefficient (Wildman–Crippen LogP) is 6.20. The van der Waals surface area contributed by atoms with E-state index >= 15 is 0 Å². The average Bonchev–Trinajstić information content (AvgIpc) is 2.79. The van der Waals surface area contributed by atoms with E-state index in [1.54, 1.807) is 25.3 Å². The van der Waals surface area contributed by atoms with Gasteiger partial charge < -0.3 is 14.8 Å². The van der Waals surface area contributed by atoms with E-state index < -0.39 is 5.91 Å². The van der Waals surface area contributed by atoms with Crippen molar-refractivity contribution in [2.45, 2.75) is 20.5 Å². The van der Waals surface area contributed by atoms with Crippen LogP contribution in [0.15, 0.2) is 70.7 Å². The third-order valence-corrected chi connectivity index (χ3v) is 5.62. The van der Waals surface area contributed by atoms with E-state index in [4.69, 9.17) is 9.47 Å². The Hall–Kier alpha value is -3.56. The van der Waals surface area contributed by atoms with Gasteiger partial charge in [-0.1, -0.05) is 52.3 Å². The second kappa shape index (κ2) is 10.7. The number of aryl methyl sites for hydroxylation is 2. The van der Waals surface area contributed by atoms with Crippen molar-refractivity contribution in [1.82, 2.24) is 0 Å². The molecule has 162 valence electrons. The molecule has 0 radical (unpaired) electrons. The second-order valence-electron chi connectivity index (χ2n) is 7.23. The van der Waals surface area contributed by atoms with Gasteiger partial charge in [-0.3, -0.25) is 4.79 Å². The number of halogens is 1. The van der Waals surface area contributed by atoms with E-state index in [1.807, 2.05) is 62.4 Å². The number of anilines is 1. The molecule has 0 unspecified atom stereocenters. The number of nitrogens with zero attached hydrogens (tertiary/aromatic N) is 1. The Morgan fingerprint density at radius 1 is 1.09 bits per heavy atom. The van der Waals surface area contributed by atoms with Gasteiger partial charge in [-0.25, -0.2) is 0 Å². The molecule has 32 heavy (non-hydrogen) atoms. The van der Waals surface area contributed by atoms with Crippen molar-refractivity contribution in [2.75, 3.05) is 12.4 Å². The highest BCUT2D eigenvalue weighted by Crippen LogP contribution is 2.30. The zero-order valence-electron chi connectivity index (χ0n) is 18.1. The number of carbonyl (C=O) groups excluding carboxylic acids is 1. The Kier molecular flexibility index (Phi) is 7.69. The van der Waals surface area contributed by atoms with Crippen LogP contribution >= 0.6 is 15.9 Å². The number of nitrogens with one attached hydrogen (secondary N) is 1. The van der Waals surface area contributed by atoms with Crippen LogP contribution in [0.5, 0.6) is 11.5 Å². The fourth-order valence-corrected chi connectivity index (χ4v) is 3.44. The third kappa shape index (κ3) is 5.77. The van der Waals surface area contributed by atoms with Crippen molar-refractivity contribution < 1.29 is 14.3 Å². The number of hydrogen-bond acceptors (Lipinski definition) is 4. The van der Waals surface area contributed by atoms with Crippen LogP contribution in [0, 0.1) is 25.2 Å². The highest BCUT2D eigenvalue weighted by molar-refractivity contribution is 9.10. The van der Waals surface area contributed by atoms with Gasteiger partial charge in [0.25, 0.3) is 5.91 Å². The van der Waals surface area contributed by atoms with Crippen LogP contribution in [0.1, 0.15) is 22.3 Å². The number of amides is 1. The molecule has 6 heteroatoms. The Labute approximate surface area is 196 Å². The van der Waals surface area contributed by atoms with Gasteiger partial charge in [0, 0.05) is 15.7 Å².